The number of nitrogens with zero attached hydrogens (tertiary/aromatic N) is 3. The van der Waals surface area contributed by atoms with Crippen LogP contribution in [0.15, 0.2) is 52.2 Å². The van der Waals surface area contributed by atoms with Gasteiger partial charge in [0, 0.05) is 29.5 Å². The summed E-state index contributed by atoms with van der Waals surface area (Å²) in [6.07, 6.45) is 3.92. The van der Waals surface area contributed by atoms with Gasteiger partial charge in [0.05, 0.1) is 30.0 Å². The van der Waals surface area contributed by atoms with E-state index in [0.29, 0.717) is 35.5 Å². The van der Waals surface area contributed by atoms with Gasteiger partial charge in [-0.2, -0.15) is 0 Å². The summed E-state index contributed by atoms with van der Waals surface area (Å²) in [5, 5.41) is 3.53. The number of aromatic amines is 1. The SMILES string of the molecule is CCOC(=O)CN(C)Cc1cnc(-c2cc3cccc(N(CC4CC4)S(=O)(=O)c4cccs4)c3[nH]2)s1. The number of H-pyrrole nitrogens is 1. The second kappa shape index (κ2) is 10.3. The van der Waals surface area contributed by atoms with Crippen LogP contribution in [0.2, 0.25) is 0 Å². The van der Waals surface area contributed by atoms with Gasteiger partial charge in [-0.15, -0.1) is 22.7 Å². The normalized spacial score (nSPS) is 14.0. The van der Waals surface area contributed by atoms with Crippen molar-refractivity contribution in [2.45, 2.75) is 30.5 Å². The standard InChI is InChI=1S/C25H28N4O4S3/c1-3-33-22(30)16-28(2)15-19-13-26-25(35-19)20-12-18-6-4-7-21(24(18)27-20)29(14-17-9-10-17)36(31,32)23-8-5-11-34-23/h4-8,11-13,17,27H,3,9-10,14-16H2,1-2H3. The van der Waals surface area contributed by atoms with Crippen LogP contribution in [0.25, 0.3) is 21.6 Å². The van der Waals surface area contributed by atoms with Gasteiger partial charge in [-0.3, -0.25) is 14.0 Å². The van der Waals surface area contributed by atoms with Crippen LogP contribution < -0.4 is 4.31 Å². The molecular weight excluding hydrogens is 517 g/mol. The monoisotopic (exact) mass is 544 g/mol. The second-order valence-electron chi connectivity index (χ2n) is 8.95. The maximum absolute atomic E-state index is 13.6. The van der Waals surface area contributed by atoms with Crippen molar-refractivity contribution in [1.82, 2.24) is 14.9 Å². The zero-order valence-corrected chi connectivity index (χ0v) is 22.6. The molecule has 1 aromatic carbocycles. The number of hydrogen-bond donors (Lipinski definition) is 1. The summed E-state index contributed by atoms with van der Waals surface area (Å²) in [6, 6.07) is 11.2. The summed E-state index contributed by atoms with van der Waals surface area (Å²) in [7, 11) is -1.79. The Hall–Kier alpha value is -2.73. The molecule has 1 aliphatic rings. The minimum atomic E-state index is -3.66. The maximum atomic E-state index is 13.6. The first-order valence-corrected chi connectivity index (χ1v) is 15.0. The van der Waals surface area contributed by atoms with Crippen molar-refractivity contribution in [3.05, 3.63) is 52.9 Å². The average molecular weight is 545 g/mol. The highest BCUT2D eigenvalue weighted by Crippen LogP contribution is 2.39. The van der Waals surface area contributed by atoms with Gasteiger partial charge in [0.15, 0.2) is 0 Å². The Morgan fingerprint density at radius 3 is 2.81 bits per heavy atom. The Labute approximate surface area is 218 Å². The fourth-order valence-corrected chi connectivity index (χ4v) is 7.72. The number of anilines is 1. The first kappa shape index (κ1) is 24.9. The highest BCUT2D eigenvalue weighted by atomic mass is 32.2. The van der Waals surface area contributed by atoms with Crippen molar-refractivity contribution < 1.29 is 17.9 Å². The molecule has 36 heavy (non-hydrogen) atoms. The molecule has 1 saturated carbocycles. The van der Waals surface area contributed by atoms with E-state index in [2.05, 4.69) is 9.97 Å². The third-order valence-corrected chi connectivity index (χ3v) is 10.1. The zero-order chi connectivity index (χ0) is 25.3. The van der Waals surface area contributed by atoms with E-state index in [4.69, 9.17) is 4.74 Å². The number of hydrogen-bond acceptors (Lipinski definition) is 8. The van der Waals surface area contributed by atoms with Crippen LogP contribution in [-0.4, -0.2) is 56.0 Å². The second-order valence-corrected chi connectivity index (χ2v) is 13.1. The Kier molecular flexibility index (Phi) is 7.16. The van der Waals surface area contributed by atoms with E-state index in [0.717, 1.165) is 39.3 Å². The predicted molar refractivity (Wildman–Crippen MR) is 144 cm³/mol. The molecule has 0 saturated heterocycles. The van der Waals surface area contributed by atoms with Crippen molar-refractivity contribution in [3.63, 3.8) is 0 Å². The molecule has 4 aromatic rings. The Bertz CT molecular complexity index is 1460. The van der Waals surface area contributed by atoms with Crippen LogP contribution in [-0.2, 0) is 26.1 Å². The van der Waals surface area contributed by atoms with E-state index in [1.54, 1.807) is 40.1 Å². The molecular formula is C25H28N4O4S3. The van der Waals surface area contributed by atoms with Crippen molar-refractivity contribution in [3.8, 4) is 10.7 Å². The lowest BCUT2D eigenvalue weighted by Gasteiger charge is -2.24. The summed E-state index contributed by atoms with van der Waals surface area (Å²) >= 11 is 2.78. The summed E-state index contributed by atoms with van der Waals surface area (Å²) in [6.45, 7) is 3.43. The third kappa shape index (κ3) is 5.34. The zero-order valence-electron chi connectivity index (χ0n) is 20.1. The number of rotatable bonds is 11. The molecule has 0 aliphatic heterocycles. The van der Waals surface area contributed by atoms with Crippen LogP contribution in [0.1, 0.15) is 24.6 Å². The number of para-hydroxylation sites is 1. The summed E-state index contributed by atoms with van der Waals surface area (Å²) < 4.78 is 34.1. The molecule has 11 heteroatoms. The molecule has 1 aliphatic carbocycles. The predicted octanol–water partition coefficient (Wildman–Crippen LogP) is 4.95. The van der Waals surface area contributed by atoms with Gasteiger partial charge in [-0.1, -0.05) is 18.2 Å². The number of carbonyl (C=O) groups is 1. The van der Waals surface area contributed by atoms with Crippen molar-refractivity contribution in [1.29, 1.82) is 0 Å². The van der Waals surface area contributed by atoms with Crippen LogP contribution in [0.5, 0.6) is 0 Å². The number of fused-ring (bicyclic) bond motifs is 1. The summed E-state index contributed by atoms with van der Waals surface area (Å²) in [5.74, 6) is 0.138. The number of aromatic nitrogens is 2. The Morgan fingerprint density at radius 2 is 2.08 bits per heavy atom. The minimum Gasteiger partial charge on any atom is -0.465 e. The summed E-state index contributed by atoms with van der Waals surface area (Å²) in [5.41, 5.74) is 2.27. The van der Waals surface area contributed by atoms with E-state index in [1.807, 2.05) is 42.4 Å². The number of sulfonamides is 1. The molecule has 3 heterocycles. The highest BCUT2D eigenvalue weighted by Gasteiger charge is 2.33. The molecule has 0 unspecified atom stereocenters. The first-order valence-electron chi connectivity index (χ1n) is 11.8. The topological polar surface area (TPSA) is 95.6 Å². The molecule has 0 bridgehead atoms. The lowest BCUT2D eigenvalue weighted by molar-refractivity contribution is -0.144. The van der Waals surface area contributed by atoms with Gasteiger partial charge < -0.3 is 9.72 Å². The number of likely N-dealkylation sites (N-methyl/N-ethyl adjacent to an activating group) is 1. The van der Waals surface area contributed by atoms with E-state index in [-0.39, 0.29) is 12.5 Å². The fourth-order valence-electron chi connectivity index (χ4n) is 4.10. The van der Waals surface area contributed by atoms with Crippen molar-refractivity contribution in [2.24, 2.45) is 5.92 Å². The van der Waals surface area contributed by atoms with Crippen LogP contribution >= 0.6 is 22.7 Å². The molecule has 1 fully saturated rings. The van der Waals surface area contributed by atoms with Gasteiger partial charge in [-0.25, -0.2) is 13.4 Å². The lowest BCUT2D eigenvalue weighted by atomic mass is 10.2. The number of esters is 1. The van der Waals surface area contributed by atoms with Gasteiger partial charge >= 0.3 is 5.97 Å². The van der Waals surface area contributed by atoms with E-state index in [1.165, 1.54) is 11.3 Å². The molecule has 0 radical (unpaired) electrons. The molecule has 0 atom stereocenters. The van der Waals surface area contributed by atoms with Gasteiger partial charge in [-0.05, 0) is 56.3 Å². The number of thiazole rings is 1. The van der Waals surface area contributed by atoms with Crippen molar-refractivity contribution in [2.75, 3.05) is 31.0 Å². The molecule has 8 nitrogen and oxygen atoms in total. The molecule has 3 aromatic heterocycles. The van der Waals surface area contributed by atoms with Crippen LogP contribution in [0, 0.1) is 5.92 Å². The van der Waals surface area contributed by atoms with E-state index < -0.39 is 10.0 Å². The number of benzene rings is 1. The number of ether oxygens (including phenoxy) is 1. The average Bonchev–Trinajstić information content (AvgIpc) is 3.24. The maximum Gasteiger partial charge on any atom is 0.320 e. The van der Waals surface area contributed by atoms with Gasteiger partial charge in [0.25, 0.3) is 10.0 Å². The molecule has 5 rings (SSSR count). The van der Waals surface area contributed by atoms with Crippen LogP contribution in [0.4, 0.5) is 5.69 Å². The quantitative estimate of drug-likeness (QED) is 0.268. The number of nitrogens with one attached hydrogen (secondary N) is 1. The minimum absolute atomic E-state index is 0.215. The molecule has 1 N–H and O–H groups in total. The molecule has 0 spiro atoms. The number of carbonyl (C=O) groups excluding carboxylic acids is 1. The molecule has 0 amide bonds. The Balaban J connectivity index is 1.43. The molecule has 190 valence electrons. The highest BCUT2D eigenvalue weighted by molar-refractivity contribution is 7.94. The van der Waals surface area contributed by atoms with Gasteiger partial charge in [0.1, 0.15) is 9.22 Å². The number of thiophene rings is 1. The summed E-state index contributed by atoms with van der Waals surface area (Å²) in [4.78, 5) is 22.7. The lowest BCUT2D eigenvalue weighted by Crippen LogP contribution is -2.32. The largest absolute Gasteiger partial charge is 0.465 e. The van der Waals surface area contributed by atoms with Crippen LogP contribution in [0.3, 0.4) is 0 Å². The van der Waals surface area contributed by atoms with Crippen molar-refractivity contribution >= 4 is 55.3 Å². The van der Waals surface area contributed by atoms with E-state index >= 15 is 0 Å². The third-order valence-electron chi connectivity index (χ3n) is 5.98. The first-order chi connectivity index (χ1) is 17.3. The Morgan fingerprint density at radius 1 is 1.25 bits per heavy atom. The smallest absolute Gasteiger partial charge is 0.320 e. The van der Waals surface area contributed by atoms with E-state index in [9.17, 15) is 13.2 Å². The fraction of sp³-hybridized carbons (Fsp3) is 0.360. The van der Waals surface area contributed by atoms with Gasteiger partial charge in [0.2, 0.25) is 0 Å².